The Kier molecular flexibility index (Phi) is 27.1. The smallest absolute Gasteiger partial charge is 0.264 e. The molecule has 0 unspecified atom stereocenters. The summed E-state index contributed by atoms with van der Waals surface area (Å²) in [5.74, 6) is -0.443. The summed E-state index contributed by atoms with van der Waals surface area (Å²) in [6.45, 7) is 7.51. The highest BCUT2D eigenvalue weighted by atomic mass is 32.2. The lowest BCUT2D eigenvalue weighted by Crippen LogP contribution is -2.30. The molecule has 0 aliphatic heterocycles. The van der Waals surface area contributed by atoms with Gasteiger partial charge in [-0.15, -0.1) is 6.58 Å². The van der Waals surface area contributed by atoms with Crippen molar-refractivity contribution in [3.63, 3.8) is 0 Å². The summed E-state index contributed by atoms with van der Waals surface area (Å²) in [5, 5.41) is 0. The normalized spacial score (nSPS) is 10.2. The lowest BCUT2D eigenvalue weighted by Gasteiger charge is -2.07. The largest absolute Gasteiger partial charge is 0.399 e. The SMILES string of the molecule is C=CC.CCCCCCCCCCCCCCCCCC(=O)NS(=O)(=O)c1ccc(N)cc1.N.N. The van der Waals surface area contributed by atoms with E-state index in [1.807, 2.05) is 6.92 Å². The van der Waals surface area contributed by atoms with Crippen LogP contribution in [0, 0.1) is 0 Å². The van der Waals surface area contributed by atoms with E-state index in [0.717, 1.165) is 19.3 Å². The number of nitrogen functional groups attached to an aromatic ring is 1. The molecule has 1 aromatic carbocycles. The summed E-state index contributed by atoms with van der Waals surface area (Å²) in [6, 6.07) is 5.82. The van der Waals surface area contributed by atoms with Crippen LogP contribution in [0.1, 0.15) is 117 Å². The molecule has 0 spiro atoms. The first-order chi connectivity index (χ1) is 15.9. The second-order valence-electron chi connectivity index (χ2n) is 8.71. The topological polar surface area (TPSA) is 159 Å². The van der Waals surface area contributed by atoms with Crippen molar-refractivity contribution in [1.82, 2.24) is 17.0 Å². The molecule has 0 atom stereocenters. The van der Waals surface area contributed by atoms with Crippen molar-refractivity contribution < 1.29 is 13.2 Å². The van der Waals surface area contributed by atoms with Gasteiger partial charge in [0.05, 0.1) is 4.90 Å². The summed E-state index contributed by atoms with van der Waals surface area (Å²) in [5.41, 5.74) is 6.04. The van der Waals surface area contributed by atoms with E-state index in [1.54, 1.807) is 6.08 Å². The second kappa shape index (κ2) is 25.2. The van der Waals surface area contributed by atoms with Crippen molar-refractivity contribution in [3.05, 3.63) is 36.9 Å². The summed E-state index contributed by atoms with van der Waals surface area (Å²) in [6.07, 6.45) is 20.9. The monoisotopic (exact) mass is 514 g/mol. The summed E-state index contributed by atoms with van der Waals surface area (Å²) in [7, 11) is -3.80. The Labute approximate surface area is 215 Å². The highest BCUT2D eigenvalue weighted by molar-refractivity contribution is 7.90. The first kappa shape index (κ1) is 37.6. The van der Waals surface area contributed by atoms with Gasteiger partial charge in [-0.2, -0.15) is 0 Å². The maximum absolute atomic E-state index is 12.1. The van der Waals surface area contributed by atoms with Crippen LogP contribution in [0.2, 0.25) is 0 Å². The Hall–Kier alpha value is -1.90. The quantitative estimate of drug-likeness (QED) is 0.0886. The van der Waals surface area contributed by atoms with Crippen molar-refractivity contribution >= 4 is 21.6 Å². The molecule has 0 saturated heterocycles. The third-order valence-electron chi connectivity index (χ3n) is 5.45. The lowest BCUT2D eigenvalue weighted by atomic mass is 10.0. The number of benzene rings is 1. The fraction of sp³-hybridized carbons (Fsp3) is 0.667. The molecule has 0 bridgehead atoms. The molecule has 8 heteroatoms. The van der Waals surface area contributed by atoms with Crippen molar-refractivity contribution in [1.29, 1.82) is 0 Å². The van der Waals surface area contributed by atoms with Gasteiger partial charge in [-0.3, -0.25) is 4.79 Å². The van der Waals surface area contributed by atoms with Crippen LogP contribution in [0.5, 0.6) is 0 Å². The minimum Gasteiger partial charge on any atom is -0.399 e. The number of hydrogen-bond acceptors (Lipinski definition) is 6. The van der Waals surface area contributed by atoms with Crippen molar-refractivity contribution in [3.8, 4) is 0 Å². The fourth-order valence-corrected chi connectivity index (χ4v) is 4.58. The van der Waals surface area contributed by atoms with Crippen LogP contribution in [0.15, 0.2) is 41.8 Å². The van der Waals surface area contributed by atoms with Crippen LogP contribution in [0.25, 0.3) is 0 Å². The number of anilines is 1. The lowest BCUT2D eigenvalue weighted by molar-refractivity contribution is -0.119. The van der Waals surface area contributed by atoms with Crippen LogP contribution >= 0.6 is 0 Å². The highest BCUT2D eigenvalue weighted by Crippen LogP contribution is 2.14. The molecule has 1 aromatic rings. The van der Waals surface area contributed by atoms with Crippen LogP contribution in [0.4, 0.5) is 5.69 Å². The number of carbonyl (C=O) groups is 1. The molecular formula is C27H54N4O3S. The van der Waals surface area contributed by atoms with Gasteiger partial charge in [0, 0.05) is 12.1 Å². The number of sulfonamides is 1. The van der Waals surface area contributed by atoms with E-state index >= 15 is 0 Å². The Morgan fingerprint density at radius 2 is 1.14 bits per heavy atom. The highest BCUT2D eigenvalue weighted by Gasteiger charge is 2.16. The van der Waals surface area contributed by atoms with Crippen molar-refractivity contribution in [2.24, 2.45) is 0 Å². The van der Waals surface area contributed by atoms with Gasteiger partial charge in [0.15, 0.2) is 0 Å². The molecule has 7 nitrogen and oxygen atoms in total. The second-order valence-corrected chi connectivity index (χ2v) is 10.4. The van der Waals surface area contributed by atoms with E-state index in [2.05, 4.69) is 18.2 Å². The minimum absolute atomic E-state index is 0. The molecule has 0 fully saturated rings. The number of carbonyl (C=O) groups excluding carboxylic acids is 1. The summed E-state index contributed by atoms with van der Waals surface area (Å²) < 4.78 is 26.4. The van der Waals surface area contributed by atoms with E-state index in [0.29, 0.717) is 5.69 Å². The zero-order valence-electron chi connectivity index (χ0n) is 22.5. The van der Waals surface area contributed by atoms with Gasteiger partial charge in [0.2, 0.25) is 5.91 Å². The number of amides is 1. The van der Waals surface area contributed by atoms with Crippen LogP contribution in [-0.4, -0.2) is 14.3 Å². The van der Waals surface area contributed by atoms with Crippen LogP contribution in [0.3, 0.4) is 0 Å². The third kappa shape index (κ3) is 22.3. The van der Waals surface area contributed by atoms with E-state index in [9.17, 15) is 13.2 Å². The molecule has 0 saturated carbocycles. The Morgan fingerprint density at radius 1 is 0.800 bits per heavy atom. The summed E-state index contributed by atoms with van der Waals surface area (Å²) >= 11 is 0. The maximum Gasteiger partial charge on any atom is 0.264 e. The van der Waals surface area contributed by atoms with Gasteiger partial charge in [-0.25, -0.2) is 13.1 Å². The molecule has 0 radical (unpaired) electrons. The van der Waals surface area contributed by atoms with Crippen LogP contribution < -0.4 is 22.8 Å². The fourth-order valence-electron chi connectivity index (χ4n) is 3.56. The predicted molar refractivity (Wildman–Crippen MR) is 152 cm³/mol. The number of allylic oxidation sites excluding steroid dienone is 1. The van der Waals surface area contributed by atoms with Gasteiger partial charge in [-0.1, -0.05) is 103 Å². The zero-order valence-corrected chi connectivity index (χ0v) is 23.3. The minimum atomic E-state index is -3.80. The first-order valence-corrected chi connectivity index (χ1v) is 14.3. The third-order valence-corrected chi connectivity index (χ3v) is 6.84. The number of nitrogens with two attached hydrogens (primary N) is 1. The Morgan fingerprint density at radius 3 is 1.51 bits per heavy atom. The average molecular weight is 515 g/mol. The van der Waals surface area contributed by atoms with Crippen molar-refractivity contribution in [2.45, 2.75) is 121 Å². The van der Waals surface area contributed by atoms with Gasteiger partial charge in [0.1, 0.15) is 0 Å². The molecule has 0 aliphatic rings. The van der Waals surface area contributed by atoms with E-state index < -0.39 is 15.9 Å². The summed E-state index contributed by atoms with van der Waals surface area (Å²) in [4.78, 5) is 12.0. The maximum atomic E-state index is 12.1. The molecule has 1 amide bonds. The average Bonchev–Trinajstić information content (AvgIpc) is 2.77. The molecule has 35 heavy (non-hydrogen) atoms. The number of hydrogen-bond donors (Lipinski definition) is 4. The Balaban J connectivity index is -0.00000194. The van der Waals surface area contributed by atoms with E-state index in [4.69, 9.17) is 5.73 Å². The molecule has 1 rings (SSSR count). The molecule has 0 aromatic heterocycles. The van der Waals surface area contributed by atoms with Gasteiger partial charge < -0.3 is 18.0 Å². The molecular weight excluding hydrogens is 460 g/mol. The first-order valence-electron chi connectivity index (χ1n) is 12.9. The molecule has 9 N–H and O–H groups in total. The van der Waals surface area contributed by atoms with Crippen molar-refractivity contribution in [2.75, 3.05) is 5.73 Å². The van der Waals surface area contributed by atoms with Gasteiger partial charge in [-0.05, 0) is 37.6 Å². The van der Waals surface area contributed by atoms with Gasteiger partial charge >= 0.3 is 0 Å². The number of unbranched alkanes of at least 4 members (excludes halogenated alkanes) is 14. The zero-order chi connectivity index (χ0) is 24.8. The van der Waals surface area contributed by atoms with E-state index in [-0.39, 0.29) is 23.6 Å². The molecule has 206 valence electrons. The number of rotatable bonds is 18. The molecule has 0 heterocycles. The van der Waals surface area contributed by atoms with E-state index in [1.165, 1.54) is 101 Å². The number of nitrogens with one attached hydrogen (secondary N) is 1. The predicted octanol–water partition coefficient (Wildman–Crippen LogP) is 7.85. The molecule has 0 aliphatic carbocycles. The van der Waals surface area contributed by atoms with Crippen LogP contribution in [-0.2, 0) is 14.8 Å². The van der Waals surface area contributed by atoms with Gasteiger partial charge in [0.25, 0.3) is 10.0 Å². The Bertz CT molecular complexity index is 722. The standard InChI is InChI=1S/C24H42N2O3S.C3H6.2H3N/c1-2-3-4-5-6-7-8-9-10-11-12-13-14-15-16-17-24(27)26-30(28,29)23-20-18-22(25)19-21-23;1-3-2;;/h18-21H,2-17,25H2,1H3,(H,26,27);3H,1H2,2H3;2*1H3.